The summed E-state index contributed by atoms with van der Waals surface area (Å²) < 4.78 is 12.2. The van der Waals surface area contributed by atoms with Crippen LogP contribution >= 0.6 is 0 Å². The Bertz CT molecular complexity index is 546. The number of nitrogens with one attached hydrogen (secondary N) is 1. The van der Waals surface area contributed by atoms with Crippen molar-refractivity contribution in [2.75, 3.05) is 13.7 Å². The van der Waals surface area contributed by atoms with Gasteiger partial charge in [0.05, 0.1) is 20.0 Å². The molecule has 0 bridgehead atoms. The van der Waals surface area contributed by atoms with Gasteiger partial charge in [0, 0.05) is 18.9 Å². The van der Waals surface area contributed by atoms with Gasteiger partial charge in [0.1, 0.15) is 17.1 Å². The van der Waals surface area contributed by atoms with Gasteiger partial charge < -0.3 is 19.0 Å². The molecule has 6 heteroatoms. The third kappa shape index (κ3) is 3.71. The van der Waals surface area contributed by atoms with Crippen molar-refractivity contribution in [3.8, 4) is 0 Å². The maximum absolute atomic E-state index is 11.4. The summed E-state index contributed by atoms with van der Waals surface area (Å²) in [5, 5.41) is 3.28. The number of hydrogen-bond acceptors (Lipinski definition) is 5. The summed E-state index contributed by atoms with van der Waals surface area (Å²) in [4.78, 5) is 15.4. The Balaban J connectivity index is 1.73. The molecular weight excluding hydrogens is 258 g/mol. The zero-order valence-corrected chi connectivity index (χ0v) is 11.8. The molecule has 0 aliphatic rings. The molecule has 6 nitrogen and oxygen atoms in total. The number of furan rings is 1. The van der Waals surface area contributed by atoms with Crippen molar-refractivity contribution < 1.29 is 13.9 Å². The minimum absolute atomic E-state index is 0.363. The number of ether oxygens (including phenoxy) is 1. The number of esters is 1. The van der Waals surface area contributed by atoms with Gasteiger partial charge in [0.15, 0.2) is 0 Å². The minimum atomic E-state index is -0.363. The lowest BCUT2D eigenvalue weighted by molar-refractivity contribution is 0.0599. The van der Waals surface area contributed by atoms with Gasteiger partial charge in [0.2, 0.25) is 0 Å². The zero-order valence-electron chi connectivity index (χ0n) is 11.8. The SMILES string of the molecule is COC(=O)c1cc(CNCCCn2ccnc2)oc1C. The predicted molar refractivity (Wildman–Crippen MR) is 73.3 cm³/mol. The van der Waals surface area contributed by atoms with E-state index in [0.29, 0.717) is 17.9 Å². The Morgan fingerprint density at radius 3 is 3.10 bits per heavy atom. The Hall–Kier alpha value is -2.08. The second kappa shape index (κ2) is 6.91. The fraction of sp³-hybridized carbons (Fsp3) is 0.429. The Morgan fingerprint density at radius 2 is 2.40 bits per heavy atom. The number of aryl methyl sites for hydroxylation is 2. The molecule has 0 aliphatic heterocycles. The maximum atomic E-state index is 11.4. The maximum Gasteiger partial charge on any atom is 0.341 e. The first kappa shape index (κ1) is 14.3. The molecule has 0 radical (unpaired) electrons. The molecule has 0 saturated heterocycles. The molecular formula is C14H19N3O3. The molecule has 2 heterocycles. The molecule has 0 saturated carbocycles. The van der Waals surface area contributed by atoms with Crippen LogP contribution in [0.4, 0.5) is 0 Å². The van der Waals surface area contributed by atoms with Gasteiger partial charge in [-0.05, 0) is 26.0 Å². The van der Waals surface area contributed by atoms with Crippen LogP contribution in [-0.2, 0) is 17.8 Å². The predicted octanol–water partition coefficient (Wildman–Crippen LogP) is 1.75. The van der Waals surface area contributed by atoms with Crippen LogP contribution in [0.5, 0.6) is 0 Å². The third-order valence-electron chi connectivity index (χ3n) is 3.00. The molecule has 2 rings (SSSR count). The van der Waals surface area contributed by atoms with E-state index in [9.17, 15) is 4.79 Å². The van der Waals surface area contributed by atoms with Gasteiger partial charge in [-0.15, -0.1) is 0 Å². The lowest BCUT2D eigenvalue weighted by Crippen LogP contribution is -2.15. The normalized spacial score (nSPS) is 10.7. The second-order valence-corrected chi connectivity index (χ2v) is 4.50. The van der Waals surface area contributed by atoms with E-state index < -0.39 is 0 Å². The Labute approximate surface area is 117 Å². The molecule has 20 heavy (non-hydrogen) atoms. The summed E-state index contributed by atoms with van der Waals surface area (Å²) in [5.74, 6) is 0.968. The molecule has 0 atom stereocenters. The van der Waals surface area contributed by atoms with Gasteiger partial charge in [-0.3, -0.25) is 0 Å². The van der Waals surface area contributed by atoms with Crippen LogP contribution in [0.3, 0.4) is 0 Å². The third-order valence-corrected chi connectivity index (χ3v) is 3.00. The first-order valence-corrected chi connectivity index (χ1v) is 6.55. The van der Waals surface area contributed by atoms with E-state index in [1.54, 1.807) is 25.5 Å². The van der Waals surface area contributed by atoms with Gasteiger partial charge in [0.25, 0.3) is 0 Å². The topological polar surface area (TPSA) is 69.3 Å². The summed E-state index contributed by atoms with van der Waals surface area (Å²) in [6.07, 6.45) is 6.52. The van der Waals surface area contributed by atoms with Crippen LogP contribution in [-0.4, -0.2) is 29.2 Å². The van der Waals surface area contributed by atoms with Gasteiger partial charge >= 0.3 is 5.97 Å². The lowest BCUT2D eigenvalue weighted by Gasteiger charge is -2.03. The fourth-order valence-electron chi connectivity index (χ4n) is 1.96. The molecule has 1 N–H and O–H groups in total. The summed E-state index contributed by atoms with van der Waals surface area (Å²) in [7, 11) is 1.36. The van der Waals surface area contributed by atoms with Crippen molar-refractivity contribution in [3.05, 3.63) is 41.9 Å². The van der Waals surface area contributed by atoms with Gasteiger partial charge in [-0.2, -0.15) is 0 Å². The molecule has 2 aromatic rings. The number of aromatic nitrogens is 2. The molecule has 0 aromatic carbocycles. The van der Waals surface area contributed by atoms with E-state index in [1.807, 2.05) is 10.8 Å². The first-order valence-electron chi connectivity index (χ1n) is 6.55. The van der Waals surface area contributed by atoms with Crippen LogP contribution in [0.15, 0.2) is 29.2 Å². The van der Waals surface area contributed by atoms with E-state index >= 15 is 0 Å². The standard InChI is InChI=1S/C14H19N3O3/c1-11-13(14(18)19-2)8-12(20-11)9-15-4-3-6-17-7-5-16-10-17/h5,7-8,10,15H,3-4,6,9H2,1-2H3. The molecule has 0 spiro atoms. The Morgan fingerprint density at radius 1 is 1.55 bits per heavy atom. The highest BCUT2D eigenvalue weighted by Gasteiger charge is 2.14. The lowest BCUT2D eigenvalue weighted by atomic mass is 10.2. The van der Waals surface area contributed by atoms with Crippen molar-refractivity contribution >= 4 is 5.97 Å². The average molecular weight is 277 g/mol. The average Bonchev–Trinajstić information content (AvgIpc) is 3.07. The van der Waals surface area contributed by atoms with Crippen LogP contribution in [0.25, 0.3) is 0 Å². The number of rotatable bonds is 7. The summed E-state index contributed by atoms with van der Waals surface area (Å²) in [6, 6.07) is 1.73. The Kier molecular flexibility index (Phi) is 4.95. The monoisotopic (exact) mass is 277 g/mol. The molecule has 0 fully saturated rings. The van der Waals surface area contributed by atoms with E-state index in [2.05, 4.69) is 15.0 Å². The summed E-state index contributed by atoms with van der Waals surface area (Å²) in [6.45, 7) is 4.15. The molecule has 108 valence electrons. The van der Waals surface area contributed by atoms with Crippen LogP contribution in [0.2, 0.25) is 0 Å². The number of nitrogens with zero attached hydrogens (tertiary/aromatic N) is 2. The molecule has 0 aliphatic carbocycles. The largest absolute Gasteiger partial charge is 0.465 e. The number of methoxy groups -OCH3 is 1. The van der Waals surface area contributed by atoms with Crippen molar-refractivity contribution in [2.45, 2.75) is 26.4 Å². The molecule has 0 unspecified atom stereocenters. The van der Waals surface area contributed by atoms with E-state index in [-0.39, 0.29) is 5.97 Å². The fourth-order valence-corrected chi connectivity index (χ4v) is 1.96. The highest BCUT2D eigenvalue weighted by atomic mass is 16.5. The van der Waals surface area contributed by atoms with Crippen molar-refractivity contribution in [3.63, 3.8) is 0 Å². The van der Waals surface area contributed by atoms with E-state index in [0.717, 1.165) is 25.3 Å². The van der Waals surface area contributed by atoms with Crippen molar-refractivity contribution in [1.29, 1.82) is 0 Å². The van der Waals surface area contributed by atoms with Crippen LogP contribution in [0.1, 0.15) is 28.3 Å². The van der Waals surface area contributed by atoms with Crippen molar-refractivity contribution in [1.82, 2.24) is 14.9 Å². The highest BCUT2D eigenvalue weighted by Crippen LogP contribution is 2.15. The highest BCUT2D eigenvalue weighted by molar-refractivity contribution is 5.90. The summed E-state index contributed by atoms with van der Waals surface area (Å²) in [5.41, 5.74) is 0.489. The molecule has 2 aromatic heterocycles. The van der Waals surface area contributed by atoms with Gasteiger partial charge in [-0.25, -0.2) is 9.78 Å². The zero-order chi connectivity index (χ0) is 14.4. The number of carbonyl (C=O) groups is 1. The first-order chi connectivity index (χ1) is 9.70. The number of hydrogen-bond donors (Lipinski definition) is 1. The van der Waals surface area contributed by atoms with Crippen LogP contribution < -0.4 is 5.32 Å². The quantitative estimate of drug-likeness (QED) is 0.617. The second-order valence-electron chi connectivity index (χ2n) is 4.50. The van der Waals surface area contributed by atoms with E-state index in [1.165, 1.54) is 7.11 Å². The van der Waals surface area contributed by atoms with E-state index in [4.69, 9.17) is 4.42 Å². The van der Waals surface area contributed by atoms with Gasteiger partial charge in [-0.1, -0.05) is 0 Å². The van der Waals surface area contributed by atoms with Crippen LogP contribution in [0, 0.1) is 6.92 Å². The smallest absolute Gasteiger partial charge is 0.341 e. The molecule has 0 amide bonds. The number of carbonyl (C=O) groups excluding carboxylic acids is 1. The number of imidazole rings is 1. The van der Waals surface area contributed by atoms with Crippen molar-refractivity contribution in [2.24, 2.45) is 0 Å². The minimum Gasteiger partial charge on any atom is -0.465 e. The summed E-state index contributed by atoms with van der Waals surface area (Å²) >= 11 is 0.